The average molecular weight is 598 g/mol. The van der Waals surface area contributed by atoms with Gasteiger partial charge in [-0.3, -0.25) is 4.79 Å². The Morgan fingerprint density at radius 3 is 2.38 bits per heavy atom. The molecule has 0 bridgehead atoms. The molecule has 0 saturated carbocycles. The molecule has 1 saturated heterocycles. The van der Waals surface area contributed by atoms with Gasteiger partial charge in [-0.25, -0.2) is 14.4 Å². The van der Waals surface area contributed by atoms with E-state index in [-0.39, 0.29) is 11.7 Å². The van der Waals surface area contributed by atoms with E-state index < -0.39 is 0 Å². The number of halogens is 1. The van der Waals surface area contributed by atoms with E-state index in [1.165, 1.54) is 12.1 Å². The van der Waals surface area contributed by atoms with Crippen LogP contribution in [0.2, 0.25) is 0 Å². The number of piperidine rings is 1. The molecule has 5 aromatic carbocycles. The van der Waals surface area contributed by atoms with Gasteiger partial charge >= 0.3 is 0 Å². The van der Waals surface area contributed by atoms with Crippen molar-refractivity contribution in [2.45, 2.75) is 12.8 Å². The smallest absolute Gasteiger partial charge is 0.255 e. The van der Waals surface area contributed by atoms with Crippen LogP contribution < -0.4 is 20.7 Å². The third-order valence-electron chi connectivity index (χ3n) is 8.13. The minimum Gasteiger partial charge on any atom is -0.493 e. The fraction of sp³-hybridized carbons (Fsp3) is 0.162. The quantitative estimate of drug-likeness (QED) is 0.165. The van der Waals surface area contributed by atoms with Gasteiger partial charge in [-0.05, 0) is 121 Å². The van der Waals surface area contributed by atoms with E-state index >= 15 is 0 Å². The van der Waals surface area contributed by atoms with E-state index in [1.54, 1.807) is 12.1 Å². The first-order chi connectivity index (χ1) is 22.1. The summed E-state index contributed by atoms with van der Waals surface area (Å²) in [5, 5.41) is 12.6. The minimum atomic E-state index is -0.327. The molecular weight excluding hydrogens is 565 g/mol. The highest BCUT2D eigenvalue weighted by Gasteiger charge is 2.15. The Bertz CT molecular complexity index is 1970. The lowest BCUT2D eigenvalue weighted by atomic mass is 9.99. The number of benzene rings is 5. The van der Waals surface area contributed by atoms with E-state index in [0.717, 1.165) is 53.5 Å². The summed E-state index contributed by atoms with van der Waals surface area (Å²) in [6.07, 6.45) is 2.25. The number of carbonyl (C=O) groups excluding carboxylic acids is 1. The molecule has 1 aliphatic rings. The normalized spacial score (nSPS) is 13.5. The first kappa shape index (κ1) is 28.4. The summed E-state index contributed by atoms with van der Waals surface area (Å²) in [6.45, 7) is 2.79. The SMILES string of the molecule is O=C(Nc1ccc2nc(-c3ccc(F)cc3)nc(Nc3ccc(OCC4CCNCC4)cc3)c2c1)c1ccc2ccccc2c1. The van der Waals surface area contributed by atoms with Crippen molar-refractivity contribution in [2.75, 3.05) is 30.3 Å². The van der Waals surface area contributed by atoms with Crippen LogP contribution in [0.25, 0.3) is 33.1 Å². The Morgan fingerprint density at radius 2 is 1.58 bits per heavy atom. The fourth-order valence-corrected chi connectivity index (χ4v) is 5.60. The molecular formula is C37H32FN5O2. The number of hydrogen-bond donors (Lipinski definition) is 3. The lowest BCUT2D eigenvalue weighted by molar-refractivity contribution is 0.102. The lowest BCUT2D eigenvalue weighted by Crippen LogP contribution is -2.30. The van der Waals surface area contributed by atoms with Crippen molar-refractivity contribution in [1.29, 1.82) is 0 Å². The van der Waals surface area contributed by atoms with E-state index in [4.69, 9.17) is 14.7 Å². The Kier molecular flexibility index (Phi) is 8.04. The monoisotopic (exact) mass is 597 g/mol. The molecule has 0 aliphatic carbocycles. The molecule has 1 fully saturated rings. The van der Waals surface area contributed by atoms with E-state index in [2.05, 4.69) is 16.0 Å². The molecule has 8 heteroatoms. The van der Waals surface area contributed by atoms with Crippen LogP contribution in [0.1, 0.15) is 23.2 Å². The summed E-state index contributed by atoms with van der Waals surface area (Å²) in [5.41, 5.74) is 3.37. The maximum atomic E-state index is 13.7. The topological polar surface area (TPSA) is 88.2 Å². The number of carbonyl (C=O) groups is 1. The third kappa shape index (κ3) is 6.61. The van der Waals surface area contributed by atoms with Crippen molar-refractivity contribution in [2.24, 2.45) is 5.92 Å². The highest BCUT2D eigenvalue weighted by molar-refractivity contribution is 6.07. The zero-order valence-corrected chi connectivity index (χ0v) is 24.6. The fourth-order valence-electron chi connectivity index (χ4n) is 5.60. The Labute approximate surface area is 260 Å². The number of nitrogens with zero attached hydrogens (tertiary/aromatic N) is 2. The second-order valence-electron chi connectivity index (χ2n) is 11.3. The molecule has 0 spiro atoms. The van der Waals surface area contributed by atoms with Crippen molar-refractivity contribution < 1.29 is 13.9 Å². The summed E-state index contributed by atoms with van der Waals surface area (Å²) < 4.78 is 19.7. The summed E-state index contributed by atoms with van der Waals surface area (Å²) >= 11 is 0. The lowest BCUT2D eigenvalue weighted by Gasteiger charge is -2.22. The molecule has 1 aromatic heterocycles. The molecule has 7 rings (SSSR count). The molecule has 224 valence electrons. The van der Waals surface area contributed by atoms with E-state index in [1.807, 2.05) is 84.9 Å². The Hall–Kier alpha value is -5.34. The van der Waals surface area contributed by atoms with Crippen LogP contribution in [0, 0.1) is 11.7 Å². The number of nitrogens with one attached hydrogen (secondary N) is 3. The van der Waals surface area contributed by atoms with Crippen molar-refractivity contribution >= 4 is 44.8 Å². The largest absolute Gasteiger partial charge is 0.493 e. The maximum absolute atomic E-state index is 13.7. The van der Waals surface area contributed by atoms with Crippen LogP contribution in [0.4, 0.5) is 21.6 Å². The van der Waals surface area contributed by atoms with Crippen LogP contribution in [0.15, 0.2) is 109 Å². The first-order valence-corrected chi connectivity index (χ1v) is 15.2. The molecule has 0 radical (unpaired) electrons. The molecule has 45 heavy (non-hydrogen) atoms. The van der Waals surface area contributed by atoms with Crippen LogP contribution in [-0.4, -0.2) is 35.6 Å². The van der Waals surface area contributed by atoms with Gasteiger partial charge in [0.05, 0.1) is 12.1 Å². The van der Waals surface area contributed by atoms with Crippen LogP contribution in [0.3, 0.4) is 0 Å². The summed E-state index contributed by atoms with van der Waals surface area (Å²) in [4.78, 5) is 22.8. The zero-order chi connectivity index (χ0) is 30.6. The molecule has 0 unspecified atom stereocenters. The van der Waals surface area contributed by atoms with Crippen molar-refractivity contribution in [3.8, 4) is 17.1 Å². The summed E-state index contributed by atoms with van der Waals surface area (Å²) in [6, 6.07) is 33.0. The first-order valence-electron chi connectivity index (χ1n) is 15.2. The summed E-state index contributed by atoms with van der Waals surface area (Å²) in [5.74, 6) is 1.87. The van der Waals surface area contributed by atoms with Gasteiger partial charge in [0.25, 0.3) is 5.91 Å². The molecule has 1 aliphatic heterocycles. The van der Waals surface area contributed by atoms with E-state index in [0.29, 0.717) is 46.5 Å². The highest BCUT2D eigenvalue weighted by Crippen LogP contribution is 2.31. The number of fused-ring (bicyclic) bond motifs is 2. The van der Waals surface area contributed by atoms with Gasteiger partial charge in [0, 0.05) is 27.9 Å². The van der Waals surface area contributed by atoms with Crippen molar-refractivity contribution in [3.05, 3.63) is 121 Å². The van der Waals surface area contributed by atoms with Gasteiger partial charge in [0.2, 0.25) is 0 Å². The maximum Gasteiger partial charge on any atom is 0.255 e. The molecule has 7 nitrogen and oxygen atoms in total. The molecule has 0 atom stereocenters. The standard InChI is InChI=1S/C37H32FN5O2/c38-29-9-7-26(8-10-29)35-42-34-16-13-31(41-37(44)28-6-5-25-3-1-2-4-27(25)21-28)22-33(34)36(43-35)40-30-11-14-32(15-12-30)45-23-24-17-19-39-20-18-24/h1-16,21-22,24,39H,17-20,23H2,(H,41,44)(H,40,42,43). The number of amides is 1. The van der Waals surface area contributed by atoms with Crippen molar-refractivity contribution in [1.82, 2.24) is 15.3 Å². The number of hydrogen-bond acceptors (Lipinski definition) is 6. The summed E-state index contributed by atoms with van der Waals surface area (Å²) in [7, 11) is 0. The average Bonchev–Trinajstić information content (AvgIpc) is 3.08. The molecule has 2 heterocycles. The minimum absolute atomic E-state index is 0.210. The molecule has 1 amide bonds. The molecule has 6 aromatic rings. The number of anilines is 3. The van der Waals surface area contributed by atoms with Crippen LogP contribution >= 0.6 is 0 Å². The Morgan fingerprint density at radius 1 is 0.822 bits per heavy atom. The second-order valence-corrected chi connectivity index (χ2v) is 11.3. The number of ether oxygens (including phenoxy) is 1. The number of aromatic nitrogens is 2. The van der Waals surface area contributed by atoms with Crippen LogP contribution in [0.5, 0.6) is 5.75 Å². The van der Waals surface area contributed by atoms with Crippen molar-refractivity contribution in [3.63, 3.8) is 0 Å². The van der Waals surface area contributed by atoms with Crippen LogP contribution in [-0.2, 0) is 0 Å². The highest BCUT2D eigenvalue weighted by atomic mass is 19.1. The van der Waals surface area contributed by atoms with Gasteiger partial charge in [-0.2, -0.15) is 0 Å². The van der Waals surface area contributed by atoms with Gasteiger partial charge in [0.1, 0.15) is 17.4 Å². The van der Waals surface area contributed by atoms with E-state index in [9.17, 15) is 9.18 Å². The zero-order valence-electron chi connectivity index (χ0n) is 24.6. The van der Waals surface area contributed by atoms with Gasteiger partial charge < -0.3 is 20.7 Å². The van der Waals surface area contributed by atoms with Gasteiger partial charge in [0.15, 0.2) is 5.82 Å². The number of rotatable bonds is 8. The Balaban J connectivity index is 1.17. The second kappa shape index (κ2) is 12.7. The molecule has 3 N–H and O–H groups in total. The van der Waals surface area contributed by atoms with Gasteiger partial charge in [-0.15, -0.1) is 0 Å². The van der Waals surface area contributed by atoms with Gasteiger partial charge in [-0.1, -0.05) is 30.3 Å². The third-order valence-corrected chi connectivity index (χ3v) is 8.13. The predicted octanol–water partition coefficient (Wildman–Crippen LogP) is 7.96. The predicted molar refractivity (Wildman–Crippen MR) is 178 cm³/mol.